The molecule has 0 N–H and O–H groups in total. The summed E-state index contributed by atoms with van der Waals surface area (Å²) >= 11 is 0. The zero-order valence-corrected chi connectivity index (χ0v) is 7.65. The number of rotatable bonds is 1. The first-order chi connectivity index (χ1) is 4.70. The monoisotopic (exact) mass is 150 g/mol. The second-order valence-electron chi connectivity index (χ2n) is 2.73. The maximum Gasteiger partial charge on any atom is 0.139 e. The summed E-state index contributed by atoms with van der Waals surface area (Å²) in [5.41, 5.74) is 1.35. The van der Waals surface area contributed by atoms with Crippen LogP contribution < -0.4 is 10.8 Å². The first-order valence-corrected chi connectivity index (χ1v) is 5.68. The Labute approximate surface area is 64.8 Å². The maximum absolute atomic E-state index is 2.28. The van der Waals surface area contributed by atoms with Gasteiger partial charge in [-0.25, -0.2) is 0 Å². The molecule has 0 amide bonds. The van der Waals surface area contributed by atoms with Crippen molar-refractivity contribution < 1.29 is 0 Å². The summed E-state index contributed by atoms with van der Waals surface area (Å²) in [6.07, 6.45) is 0. The van der Waals surface area contributed by atoms with Crippen molar-refractivity contribution >= 4 is 26.5 Å². The van der Waals surface area contributed by atoms with Crippen LogP contribution in [0.3, 0.4) is 0 Å². The molecule has 0 saturated heterocycles. The molecule has 2 heteroatoms. The van der Waals surface area contributed by atoms with Crippen LogP contribution in [-0.4, -0.2) is 21.2 Å². The molecule has 0 fully saturated rings. The Balaban J connectivity index is 2.89. The fourth-order valence-electron chi connectivity index (χ4n) is 0.843. The lowest BCUT2D eigenvalue weighted by molar-refractivity contribution is 1.84. The van der Waals surface area contributed by atoms with Gasteiger partial charge in [-0.05, 0) is 18.6 Å². The highest BCUT2D eigenvalue weighted by atomic mass is 31.1. The van der Waals surface area contributed by atoms with Gasteiger partial charge < -0.3 is 0 Å². The van der Waals surface area contributed by atoms with Gasteiger partial charge >= 0.3 is 0 Å². The molecule has 0 bridgehead atoms. The van der Waals surface area contributed by atoms with Crippen molar-refractivity contribution in [2.24, 2.45) is 0 Å². The van der Waals surface area contributed by atoms with E-state index in [-0.39, 0.29) is 7.92 Å². The minimum Gasteiger partial charge on any atom is -0.0889 e. The maximum atomic E-state index is 2.28. The molecule has 0 aliphatic rings. The lowest BCUT2D eigenvalue weighted by Gasteiger charge is -2.04. The Bertz CT molecular complexity index is 203. The summed E-state index contributed by atoms with van der Waals surface area (Å²) in [6, 6.07) is 8.80. The van der Waals surface area contributed by atoms with E-state index in [4.69, 9.17) is 0 Å². The highest BCUT2D eigenvalue weighted by Gasteiger charge is 1.94. The summed E-state index contributed by atoms with van der Waals surface area (Å²) < 4.78 is 0. The van der Waals surface area contributed by atoms with Gasteiger partial charge in [0, 0.05) is 0 Å². The molecule has 0 heterocycles. The van der Waals surface area contributed by atoms with Crippen molar-refractivity contribution in [2.45, 2.75) is 0 Å². The predicted octanol–water partition coefficient (Wildman–Crippen LogP) is 0.312. The molecule has 0 aliphatic carbocycles. The molecule has 1 aromatic rings. The van der Waals surface area contributed by atoms with Crippen LogP contribution in [0.15, 0.2) is 24.3 Å². The highest BCUT2D eigenvalue weighted by Crippen LogP contribution is 2.21. The molecule has 0 nitrogen and oxygen atoms in total. The van der Waals surface area contributed by atoms with E-state index in [1.807, 2.05) is 0 Å². The van der Waals surface area contributed by atoms with E-state index in [0.717, 1.165) is 0 Å². The van der Waals surface area contributed by atoms with Crippen molar-refractivity contribution in [3.05, 3.63) is 24.3 Å². The third kappa shape index (κ3) is 1.85. The SMILES string of the molecule is Bc1ccc(P(C)C)cc1. The van der Waals surface area contributed by atoms with E-state index in [0.29, 0.717) is 0 Å². The molecule has 0 aliphatic heterocycles. The molecule has 1 aromatic carbocycles. The molecule has 0 unspecified atom stereocenters. The van der Waals surface area contributed by atoms with Crippen LogP contribution in [0.5, 0.6) is 0 Å². The standard InChI is InChI=1S/C8H12BP/c1-10(2)8-5-3-7(9)4-6-8/h3-6H,9H2,1-2H3. The van der Waals surface area contributed by atoms with Crippen LogP contribution in [0.4, 0.5) is 0 Å². The molecule has 0 spiro atoms. The average molecular weight is 150 g/mol. The summed E-state index contributed by atoms with van der Waals surface area (Å²) in [6.45, 7) is 4.56. The number of hydrogen-bond acceptors (Lipinski definition) is 0. The molecule has 0 atom stereocenters. The van der Waals surface area contributed by atoms with E-state index in [1.54, 1.807) is 0 Å². The van der Waals surface area contributed by atoms with Crippen molar-refractivity contribution in [3.8, 4) is 0 Å². The molecule has 10 heavy (non-hydrogen) atoms. The van der Waals surface area contributed by atoms with Crippen molar-refractivity contribution in [1.29, 1.82) is 0 Å². The fraction of sp³-hybridized carbons (Fsp3) is 0.250. The average Bonchev–Trinajstić information content (AvgIpc) is 1.88. The third-order valence-electron chi connectivity index (χ3n) is 1.55. The van der Waals surface area contributed by atoms with Crippen LogP contribution in [0.1, 0.15) is 0 Å². The molecule has 52 valence electrons. The second kappa shape index (κ2) is 3.21. The van der Waals surface area contributed by atoms with Gasteiger partial charge in [0.25, 0.3) is 0 Å². The minimum absolute atomic E-state index is 0.0920. The first kappa shape index (κ1) is 7.82. The zero-order valence-electron chi connectivity index (χ0n) is 6.76. The van der Waals surface area contributed by atoms with E-state index >= 15 is 0 Å². The fourth-order valence-corrected chi connectivity index (χ4v) is 1.59. The van der Waals surface area contributed by atoms with Gasteiger partial charge in [0.15, 0.2) is 0 Å². The van der Waals surface area contributed by atoms with Crippen LogP contribution in [0.2, 0.25) is 0 Å². The highest BCUT2D eigenvalue weighted by molar-refractivity contribution is 7.64. The molecule has 0 radical (unpaired) electrons. The van der Waals surface area contributed by atoms with Crippen molar-refractivity contribution in [3.63, 3.8) is 0 Å². The van der Waals surface area contributed by atoms with Crippen LogP contribution >= 0.6 is 7.92 Å². The van der Waals surface area contributed by atoms with E-state index in [2.05, 4.69) is 45.4 Å². The minimum atomic E-state index is 0.0920. The molecular weight excluding hydrogens is 138 g/mol. The third-order valence-corrected chi connectivity index (χ3v) is 2.88. The first-order valence-electron chi connectivity index (χ1n) is 3.44. The van der Waals surface area contributed by atoms with Gasteiger partial charge in [0.05, 0.1) is 0 Å². The molecular formula is C8H12BP. The largest absolute Gasteiger partial charge is 0.139 e. The van der Waals surface area contributed by atoms with E-state index in [9.17, 15) is 0 Å². The number of hydrogen-bond donors (Lipinski definition) is 0. The van der Waals surface area contributed by atoms with Gasteiger partial charge in [-0.1, -0.05) is 37.6 Å². The Morgan fingerprint density at radius 1 is 1.10 bits per heavy atom. The lowest BCUT2D eigenvalue weighted by atomic mass is 9.97. The second-order valence-corrected chi connectivity index (χ2v) is 5.04. The Morgan fingerprint density at radius 3 is 2.00 bits per heavy atom. The summed E-state index contributed by atoms with van der Waals surface area (Å²) in [5.74, 6) is 0. The van der Waals surface area contributed by atoms with Gasteiger partial charge in [0.2, 0.25) is 0 Å². The molecule has 1 rings (SSSR count). The Kier molecular flexibility index (Phi) is 2.51. The zero-order chi connectivity index (χ0) is 7.56. The van der Waals surface area contributed by atoms with E-state index in [1.165, 1.54) is 10.8 Å². The Morgan fingerprint density at radius 2 is 1.60 bits per heavy atom. The predicted molar refractivity (Wildman–Crippen MR) is 53.0 cm³/mol. The van der Waals surface area contributed by atoms with Gasteiger partial charge in [0.1, 0.15) is 7.85 Å². The molecule has 0 saturated carbocycles. The van der Waals surface area contributed by atoms with Crippen molar-refractivity contribution in [1.82, 2.24) is 0 Å². The Hall–Kier alpha value is -0.285. The van der Waals surface area contributed by atoms with Crippen LogP contribution in [0, 0.1) is 0 Å². The van der Waals surface area contributed by atoms with Gasteiger partial charge in [-0.15, -0.1) is 0 Å². The van der Waals surface area contributed by atoms with Gasteiger partial charge in [-0.3, -0.25) is 0 Å². The van der Waals surface area contributed by atoms with E-state index < -0.39 is 0 Å². The van der Waals surface area contributed by atoms with Crippen LogP contribution in [-0.2, 0) is 0 Å². The summed E-state index contributed by atoms with van der Waals surface area (Å²) in [5, 5.41) is 1.49. The number of benzene rings is 1. The summed E-state index contributed by atoms with van der Waals surface area (Å²) in [4.78, 5) is 0. The summed E-state index contributed by atoms with van der Waals surface area (Å²) in [7, 11) is 2.21. The quantitative estimate of drug-likeness (QED) is 0.399. The topological polar surface area (TPSA) is 0 Å². The normalized spacial score (nSPS) is 10.3. The van der Waals surface area contributed by atoms with Crippen LogP contribution in [0.25, 0.3) is 0 Å². The molecule has 0 aromatic heterocycles. The smallest absolute Gasteiger partial charge is 0.0889 e. The van der Waals surface area contributed by atoms with Gasteiger partial charge in [-0.2, -0.15) is 0 Å². The lowest BCUT2D eigenvalue weighted by Crippen LogP contribution is -2.06. The van der Waals surface area contributed by atoms with Crippen molar-refractivity contribution in [2.75, 3.05) is 13.3 Å².